The molecule has 1 unspecified atom stereocenters. The Morgan fingerprint density at radius 2 is 1.87 bits per heavy atom. The summed E-state index contributed by atoms with van der Waals surface area (Å²) in [5.74, 6) is 5.28. The Bertz CT molecular complexity index is 1240. The number of H-pyrrole nitrogens is 1. The Kier molecular flexibility index (Phi) is 5.36. The summed E-state index contributed by atoms with van der Waals surface area (Å²) in [6.45, 7) is 1.95. The van der Waals surface area contributed by atoms with Crippen molar-refractivity contribution in [3.05, 3.63) is 110 Å². The number of carbonyl (C=O) groups is 1. The molecule has 0 saturated heterocycles. The van der Waals surface area contributed by atoms with Crippen molar-refractivity contribution in [3.63, 3.8) is 0 Å². The van der Waals surface area contributed by atoms with Gasteiger partial charge in [0.15, 0.2) is 5.43 Å². The molecule has 1 atom stereocenters. The maximum Gasteiger partial charge on any atom is 0.335 e. The molecule has 148 valence electrons. The number of rotatable bonds is 4. The molecule has 4 nitrogen and oxygen atoms in total. The summed E-state index contributed by atoms with van der Waals surface area (Å²) in [6, 6.07) is 16.7. The lowest BCUT2D eigenvalue weighted by Crippen LogP contribution is -2.17. The zero-order valence-electron chi connectivity index (χ0n) is 16.6. The van der Waals surface area contributed by atoms with Crippen LogP contribution in [-0.2, 0) is 12.8 Å². The van der Waals surface area contributed by atoms with Gasteiger partial charge in [-0.2, -0.15) is 0 Å². The average molecular weight is 395 g/mol. The quantitative estimate of drug-likeness (QED) is 0.643. The molecule has 1 aliphatic carbocycles. The number of pyridine rings is 1. The Labute approximate surface area is 174 Å². The van der Waals surface area contributed by atoms with Crippen LogP contribution in [0.1, 0.15) is 51.1 Å². The minimum Gasteiger partial charge on any atom is -0.478 e. The molecular weight excluding hydrogens is 374 g/mol. The molecule has 1 aliphatic rings. The van der Waals surface area contributed by atoms with Crippen LogP contribution in [0.4, 0.5) is 0 Å². The Balaban J connectivity index is 1.56. The Morgan fingerprint density at radius 3 is 2.57 bits per heavy atom. The van der Waals surface area contributed by atoms with Gasteiger partial charge in [-0.25, -0.2) is 4.79 Å². The molecule has 1 heterocycles. The molecule has 2 N–H and O–H groups in total. The molecule has 0 bridgehead atoms. The standard InChI is InChI=1S/C26H21NO3/c1-17(20-10-12-21(13-11-20)26(29)30)23-16-27-24-15-19(14-22(24)25(23)28)9-5-8-18-6-3-2-4-7-18/h2-4,6-7,10-14,16-17H,8,15H2,1H3,(H,27,28)(H,29,30). The van der Waals surface area contributed by atoms with E-state index in [4.69, 9.17) is 5.11 Å². The monoisotopic (exact) mass is 395 g/mol. The van der Waals surface area contributed by atoms with Gasteiger partial charge < -0.3 is 10.1 Å². The van der Waals surface area contributed by atoms with Gasteiger partial charge >= 0.3 is 5.97 Å². The lowest BCUT2D eigenvalue weighted by atomic mass is 9.92. The van der Waals surface area contributed by atoms with Gasteiger partial charge in [-0.05, 0) is 29.3 Å². The number of hydrogen-bond donors (Lipinski definition) is 2. The first kappa shape index (κ1) is 19.5. The SMILES string of the molecule is CC(c1ccc(C(=O)O)cc1)c1c[nH]c2c(c1=O)C=C(C#CCc1ccccc1)C2. The van der Waals surface area contributed by atoms with Crippen molar-refractivity contribution >= 4 is 12.0 Å². The number of benzene rings is 2. The third-order valence-corrected chi connectivity index (χ3v) is 5.43. The minimum absolute atomic E-state index is 0.00146. The number of carboxylic acids is 1. The summed E-state index contributed by atoms with van der Waals surface area (Å²) in [5.41, 5.74) is 5.45. The number of aromatic amines is 1. The largest absolute Gasteiger partial charge is 0.478 e. The van der Waals surface area contributed by atoms with Gasteiger partial charge in [0.2, 0.25) is 0 Å². The Hall–Kier alpha value is -3.84. The van der Waals surface area contributed by atoms with Gasteiger partial charge in [-0.15, -0.1) is 0 Å². The van der Waals surface area contributed by atoms with E-state index in [0.29, 0.717) is 24.0 Å². The van der Waals surface area contributed by atoms with Crippen LogP contribution in [0.2, 0.25) is 0 Å². The highest BCUT2D eigenvalue weighted by molar-refractivity contribution is 5.87. The first-order valence-corrected chi connectivity index (χ1v) is 9.84. The van der Waals surface area contributed by atoms with Crippen molar-refractivity contribution in [3.8, 4) is 11.8 Å². The molecule has 2 aromatic carbocycles. The van der Waals surface area contributed by atoms with Gasteiger partial charge in [-0.1, -0.05) is 61.2 Å². The predicted octanol–water partition coefficient (Wildman–Crippen LogP) is 4.41. The normalized spacial score (nSPS) is 13.0. The number of carboxylic acid groups (broad SMARTS) is 1. The van der Waals surface area contributed by atoms with E-state index in [0.717, 1.165) is 16.8 Å². The summed E-state index contributed by atoms with van der Waals surface area (Å²) in [7, 11) is 0. The van der Waals surface area contributed by atoms with E-state index in [-0.39, 0.29) is 16.9 Å². The summed E-state index contributed by atoms with van der Waals surface area (Å²) in [6.07, 6.45) is 4.96. The molecule has 4 heteroatoms. The Morgan fingerprint density at radius 1 is 1.13 bits per heavy atom. The fourth-order valence-corrected chi connectivity index (χ4v) is 3.67. The molecule has 0 amide bonds. The number of allylic oxidation sites excluding steroid dienone is 1. The summed E-state index contributed by atoms with van der Waals surface area (Å²) >= 11 is 0. The molecule has 0 aliphatic heterocycles. The van der Waals surface area contributed by atoms with Crippen LogP contribution in [0.15, 0.2) is 71.2 Å². The molecule has 3 aromatic rings. The predicted molar refractivity (Wildman–Crippen MR) is 118 cm³/mol. The number of hydrogen-bond acceptors (Lipinski definition) is 2. The van der Waals surface area contributed by atoms with Crippen LogP contribution in [0.3, 0.4) is 0 Å². The first-order chi connectivity index (χ1) is 14.5. The number of nitrogens with one attached hydrogen (secondary N) is 1. The van der Waals surface area contributed by atoms with Crippen molar-refractivity contribution in [1.82, 2.24) is 4.98 Å². The zero-order chi connectivity index (χ0) is 21.1. The first-order valence-electron chi connectivity index (χ1n) is 9.84. The van der Waals surface area contributed by atoms with Crippen molar-refractivity contribution < 1.29 is 9.90 Å². The number of aromatic carboxylic acids is 1. The maximum absolute atomic E-state index is 13.1. The average Bonchev–Trinajstić information content (AvgIpc) is 3.18. The van der Waals surface area contributed by atoms with E-state index in [1.807, 2.05) is 43.3 Å². The van der Waals surface area contributed by atoms with E-state index in [1.165, 1.54) is 5.56 Å². The molecule has 0 fully saturated rings. The highest BCUT2D eigenvalue weighted by Gasteiger charge is 2.20. The second kappa shape index (κ2) is 8.26. The smallest absolute Gasteiger partial charge is 0.335 e. The van der Waals surface area contributed by atoms with Crippen molar-refractivity contribution in [2.75, 3.05) is 0 Å². The van der Waals surface area contributed by atoms with Gasteiger partial charge in [0.1, 0.15) is 0 Å². The van der Waals surface area contributed by atoms with Crippen molar-refractivity contribution in [2.24, 2.45) is 0 Å². The zero-order valence-corrected chi connectivity index (χ0v) is 16.6. The van der Waals surface area contributed by atoms with Crippen LogP contribution in [0, 0.1) is 11.8 Å². The molecule has 0 radical (unpaired) electrons. The van der Waals surface area contributed by atoms with Gasteiger partial charge in [-0.3, -0.25) is 4.79 Å². The minimum atomic E-state index is -0.962. The summed E-state index contributed by atoms with van der Waals surface area (Å²) < 4.78 is 0. The molecule has 4 rings (SSSR count). The second-order valence-electron chi connectivity index (χ2n) is 7.42. The lowest BCUT2D eigenvalue weighted by Gasteiger charge is -2.13. The van der Waals surface area contributed by atoms with E-state index in [2.05, 4.69) is 16.8 Å². The van der Waals surface area contributed by atoms with Gasteiger partial charge in [0, 0.05) is 47.4 Å². The summed E-state index contributed by atoms with van der Waals surface area (Å²) in [5, 5.41) is 9.06. The van der Waals surface area contributed by atoms with Crippen molar-refractivity contribution in [2.45, 2.75) is 25.7 Å². The number of fused-ring (bicyclic) bond motifs is 1. The van der Waals surface area contributed by atoms with Crippen LogP contribution in [0.25, 0.3) is 6.08 Å². The fourth-order valence-electron chi connectivity index (χ4n) is 3.67. The fraction of sp³-hybridized carbons (Fsp3) is 0.154. The highest BCUT2D eigenvalue weighted by atomic mass is 16.4. The molecule has 30 heavy (non-hydrogen) atoms. The van der Waals surface area contributed by atoms with E-state index in [1.54, 1.807) is 30.5 Å². The summed E-state index contributed by atoms with van der Waals surface area (Å²) in [4.78, 5) is 27.4. The van der Waals surface area contributed by atoms with Gasteiger partial charge in [0.25, 0.3) is 0 Å². The van der Waals surface area contributed by atoms with E-state index < -0.39 is 5.97 Å². The molecule has 0 spiro atoms. The molecule has 0 saturated carbocycles. The van der Waals surface area contributed by atoms with Crippen LogP contribution in [-0.4, -0.2) is 16.1 Å². The van der Waals surface area contributed by atoms with Crippen LogP contribution < -0.4 is 5.43 Å². The molecule has 1 aromatic heterocycles. The van der Waals surface area contributed by atoms with Gasteiger partial charge in [0.05, 0.1) is 5.56 Å². The topological polar surface area (TPSA) is 70.2 Å². The second-order valence-corrected chi connectivity index (χ2v) is 7.42. The van der Waals surface area contributed by atoms with E-state index in [9.17, 15) is 9.59 Å². The van der Waals surface area contributed by atoms with Crippen LogP contribution in [0.5, 0.6) is 0 Å². The maximum atomic E-state index is 13.1. The van der Waals surface area contributed by atoms with E-state index >= 15 is 0 Å². The molecular formula is C26H21NO3. The van der Waals surface area contributed by atoms with Crippen molar-refractivity contribution in [1.29, 1.82) is 0 Å². The number of aromatic nitrogens is 1. The van der Waals surface area contributed by atoms with Crippen LogP contribution >= 0.6 is 0 Å². The third kappa shape index (κ3) is 3.97. The highest BCUT2D eigenvalue weighted by Crippen LogP contribution is 2.26. The lowest BCUT2D eigenvalue weighted by molar-refractivity contribution is 0.0697. The third-order valence-electron chi connectivity index (χ3n) is 5.43.